The fourth-order valence-corrected chi connectivity index (χ4v) is 5.91. The molecule has 1 unspecified atom stereocenters. The van der Waals surface area contributed by atoms with Gasteiger partial charge in [0.15, 0.2) is 0 Å². The summed E-state index contributed by atoms with van der Waals surface area (Å²) < 4.78 is 13.7. The van der Waals surface area contributed by atoms with Crippen LogP contribution in [0.5, 0.6) is 5.75 Å². The first-order chi connectivity index (χ1) is 19.8. The van der Waals surface area contributed by atoms with Gasteiger partial charge in [0.05, 0.1) is 11.0 Å². The number of hydrogen-bond donors (Lipinski definition) is 2. The Hall–Kier alpha value is -3.40. The highest BCUT2D eigenvalue weighted by atomic mass is 35.5. The Morgan fingerprint density at radius 3 is 2.52 bits per heavy atom. The van der Waals surface area contributed by atoms with Crippen LogP contribution in [0.2, 0.25) is 5.02 Å². The maximum Gasteiger partial charge on any atom is 0.323 e. The standard InChI is InChI=1S/C32H39ClN4O4S/c1-19(2)28(31(39)41-32(4,5)6)35-15-9-10-21-13-14-24-25(16-21)37(18-36-24)27-17-26(29(42-27)30(34)38)40-20(3)22-11-7-8-12-23(22)33/h7-8,11-14,16-20,28,35H,9-10,15H2,1-6H3,(H2,34,38)/t20?,28-/m0/s1. The van der Waals surface area contributed by atoms with Crippen LogP contribution in [0.25, 0.3) is 16.0 Å². The topological polar surface area (TPSA) is 108 Å². The number of carbonyl (C=O) groups is 2. The molecule has 2 atom stereocenters. The fraction of sp³-hybridized carbons (Fsp3) is 0.406. The second-order valence-electron chi connectivity index (χ2n) is 11.7. The minimum absolute atomic E-state index is 0.114. The lowest BCUT2D eigenvalue weighted by atomic mass is 10.0. The zero-order valence-corrected chi connectivity index (χ0v) is 26.5. The third kappa shape index (κ3) is 7.70. The summed E-state index contributed by atoms with van der Waals surface area (Å²) in [6.45, 7) is 12.2. The molecule has 0 fully saturated rings. The van der Waals surface area contributed by atoms with Crippen LogP contribution in [0.15, 0.2) is 54.9 Å². The number of primary amides is 1. The summed E-state index contributed by atoms with van der Waals surface area (Å²) in [5.74, 6) is -0.262. The van der Waals surface area contributed by atoms with Crippen LogP contribution >= 0.6 is 22.9 Å². The zero-order valence-electron chi connectivity index (χ0n) is 24.9. The number of hydrogen-bond acceptors (Lipinski definition) is 7. The number of nitrogens with one attached hydrogen (secondary N) is 1. The van der Waals surface area contributed by atoms with Gasteiger partial charge < -0.3 is 20.5 Å². The van der Waals surface area contributed by atoms with Gasteiger partial charge >= 0.3 is 5.97 Å². The number of thiophene rings is 1. The van der Waals surface area contributed by atoms with Crippen LogP contribution in [0.4, 0.5) is 0 Å². The van der Waals surface area contributed by atoms with Gasteiger partial charge in [0.2, 0.25) is 0 Å². The van der Waals surface area contributed by atoms with E-state index in [4.69, 9.17) is 26.8 Å². The Morgan fingerprint density at radius 1 is 1.12 bits per heavy atom. The van der Waals surface area contributed by atoms with Gasteiger partial charge in [0.1, 0.15) is 39.7 Å². The molecule has 2 heterocycles. The Labute approximate surface area is 256 Å². The second-order valence-corrected chi connectivity index (χ2v) is 13.1. The van der Waals surface area contributed by atoms with E-state index in [0.717, 1.165) is 40.0 Å². The SMILES string of the molecule is CC(Oc1cc(-n2cnc3ccc(CCCN[C@H](C(=O)OC(C)(C)C)C(C)C)cc32)sc1C(N)=O)c1ccccc1Cl. The van der Waals surface area contributed by atoms with Crippen molar-refractivity contribution >= 4 is 45.8 Å². The molecule has 8 nitrogen and oxygen atoms in total. The maximum absolute atomic E-state index is 12.6. The van der Waals surface area contributed by atoms with Crippen molar-refractivity contribution in [1.29, 1.82) is 0 Å². The minimum atomic E-state index is -0.559. The number of halogens is 1. The summed E-state index contributed by atoms with van der Waals surface area (Å²) in [5, 5.41) is 4.73. The van der Waals surface area contributed by atoms with Crippen LogP contribution < -0.4 is 15.8 Å². The maximum atomic E-state index is 12.6. The highest BCUT2D eigenvalue weighted by Crippen LogP contribution is 2.37. The van der Waals surface area contributed by atoms with Gasteiger partial charge in [-0.2, -0.15) is 0 Å². The van der Waals surface area contributed by atoms with E-state index in [-0.39, 0.29) is 24.0 Å². The van der Waals surface area contributed by atoms with Gasteiger partial charge in [-0.25, -0.2) is 4.98 Å². The molecule has 42 heavy (non-hydrogen) atoms. The van der Waals surface area contributed by atoms with Crippen molar-refractivity contribution in [3.8, 4) is 10.8 Å². The number of fused-ring (bicyclic) bond motifs is 1. The van der Waals surface area contributed by atoms with Crippen molar-refractivity contribution in [2.45, 2.75) is 72.1 Å². The lowest BCUT2D eigenvalue weighted by Crippen LogP contribution is -2.45. The monoisotopic (exact) mass is 610 g/mol. The number of ether oxygens (including phenoxy) is 2. The lowest BCUT2D eigenvalue weighted by molar-refractivity contribution is -0.158. The molecule has 4 aromatic rings. The number of amides is 1. The highest BCUT2D eigenvalue weighted by Gasteiger charge is 2.27. The first-order valence-corrected chi connectivity index (χ1v) is 15.3. The molecule has 10 heteroatoms. The average Bonchev–Trinajstić information content (AvgIpc) is 3.51. The summed E-state index contributed by atoms with van der Waals surface area (Å²) >= 11 is 7.62. The molecule has 0 bridgehead atoms. The number of nitrogens with two attached hydrogens (primary N) is 1. The van der Waals surface area contributed by atoms with E-state index in [9.17, 15) is 9.59 Å². The fourth-order valence-electron chi connectivity index (χ4n) is 4.69. The number of benzene rings is 2. The zero-order chi connectivity index (χ0) is 30.6. The van der Waals surface area contributed by atoms with Gasteiger partial charge in [-0.3, -0.25) is 14.2 Å². The Balaban J connectivity index is 1.48. The van der Waals surface area contributed by atoms with Crippen molar-refractivity contribution < 1.29 is 19.1 Å². The molecule has 0 saturated carbocycles. The molecule has 0 aliphatic carbocycles. The van der Waals surface area contributed by atoms with E-state index in [2.05, 4.69) is 22.4 Å². The van der Waals surface area contributed by atoms with E-state index >= 15 is 0 Å². The summed E-state index contributed by atoms with van der Waals surface area (Å²) in [7, 11) is 0. The van der Waals surface area contributed by atoms with Gasteiger partial charge in [0.25, 0.3) is 5.91 Å². The van der Waals surface area contributed by atoms with Gasteiger partial charge in [-0.05, 0) is 76.8 Å². The number of carbonyl (C=O) groups excluding carboxylic acids is 2. The van der Waals surface area contributed by atoms with Crippen LogP contribution in [0.3, 0.4) is 0 Å². The third-order valence-corrected chi connectivity index (χ3v) is 8.21. The molecule has 1 amide bonds. The molecule has 0 radical (unpaired) electrons. The van der Waals surface area contributed by atoms with Crippen molar-refractivity contribution in [2.24, 2.45) is 11.7 Å². The average molecular weight is 611 g/mol. The van der Waals surface area contributed by atoms with Gasteiger partial charge in [0, 0.05) is 16.7 Å². The van der Waals surface area contributed by atoms with Crippen molar-refractivity contribution in [2.75, 3.05) is 6.54 Å². The van der Waals surface area contributed by atoms with Gasteiger partial charge in [-0.1, -0.05) is 49.7 Å². The molecule has 2 aromatic heterocycles. The molecule has 0 aliphatic rings. The van der Waals surface area contributed by atoms with Gasteiger partial charge in [-0.15, -0.1) is 11.3 Å². The van der Waals surface area contributed by atoms with Crippen LogP contribution in [0, 0.1) is 5.92 Å². The molecule has 0 spiro atoms. The number of nitrogens with zero attached hydrogens (tertiary/aromatic N) is 2. The molecule has 3 N–H and O–H groups in total. The summed E-state index contributed by atoms with van der Waals surface area (Å²) in [5.41, 5.74) is 8.91. The number of aryl methyl sites for hydroxylation is 1. The summed E-state index contributed by atoms with van der Waals surface area (Å²) in [6.07, 6.45) is 3.01. The largest absolute Gasteiger partial charge is 0.484 e. The quantitative estimate of drug-likeness (QED) is 0.134. The first kappa shape index (κ1) is 31.5. The minimum Gasteiger partial charge on any atom is -0.484 e. The highest BCUT2D eigenvalue weighted by molar-refractivity contribution is 7.16. The normalized spacial score (nSPS) is 13.3. The van der Waals surface area contributed by atoms with Crippen molar-refractivity contribution in [1.82, 2.24) is 14.9 Å². The molecule has 2 aromatic carbocycles. The summed E-state index contributed by atoms with van der Waals surface area (Å²) in [4.78, 5) is 29.8. The lowest BCUT2D eigenvalue weighted by Gasteiger charge is -2.26. The molecule has 0 aliphatic heterocycles. The van der Waals surface area contributed by atoms with Crippen LogP contribution in [-0.2, 0) is 16.0 Å². The number of esters is 1. The van der Waals surface area contributed by atoms with Crippen LogP contribution in [-0.4, -0.2) is 39.6 Å². The van der Waals surface area contributed by atoms with E-state index in [1.54, 1.807) is 12.4 Å². The molecule has 4 rings (SSSR count). The van der Waals surface area contributed by atoms with E-state index < -0.39 is 11.5 Å². The van der Waals surface area contributed by atoms with Crippen molar-refractivity contribution in [3.63, 3.8) is 0 Å². The molecular formula is C32H39ClN4O4S. The Kier molecular flexibility index (Phi) is 9.97. The molecular weight excluding hydrogens is 572 g/mol. The predicted molar refractivity (Wildman–Crippen MR) is 169 cm³/mol. The van der Waals surface area contributed by atoms with E-state index in [1.165, 1.54) is 11.3 Å². The second kappa shape index (κ2) is 13.3. The Bertz CT molecular complexity index is 1560. The van der Waals surface area contributed by atoms with Crippen LogP contribution in [0.1, 0.15) is 74.9 Å². The number of imidazole rings is 1. The molecule has 224 valence electrons. The number of rotatable bonds is 12. The Morgan fingerprint density at radius 2 is 1.86 bits per heavy atom. The van der Waals surface area contributed by atoms with E-state index in [0.29, 0.717) is 22.2 Å². The smallest absolute Gasteiger partial charge is 0.323 e. The van der Waals surface area contributed by atoms with Crippen molar-refractivity contribution in [3.05, 3.63) is 75.9 Å². The van der Waals surface area contributed by atoms with E-state index in [1.807, 2.05) is 76.4 Å². The first-order valence-electron chi connectivity index (χ1n) is 14.1. The summed E-state index contributed by atoms with van der Waals surface area (Å²) in [6, 6.07) is 15.1. The third-order valence-electron chi connectivity index (χ3n) is 6.74. The number of aromatic nitrogens is 2. The predicted octanol–water partition coefficient (Wildman–Crippen LogP) is 6.87. The molecule has 0 saturated heterocycles.